The van der Waals surface area contributed by atoms with Crippen LogP contribution in [0.15, 0.2) is 35.9 Å². The summed E-state index contributed by atoms with van der Waals surface area (Å²) in [4.78, 5) is 4.74. The summed E-state index contributed by atoms with van der Waals surface area (Å²) in [6, 6.07) is 8.38. The molecule has 0 fully saturated rings. The van der Waals surface area contributed by atoms with Crippen LogP contribution in [0.5, 0.6) is 0 Å². The van der Waals surface area contributed by atoms with Gasteiger partial charge >= 0.3 is 0 Å². The minimum Gasteiger partial charge on any atom is -0.327 e. The van der Waals surface area contributed by atoms with Gasteiger partial charge in [0.05, 0.1) is 17.6 Å². The number of aromatic nitrogens is 2. The van der Waals surface area contributed by atoms with Crippen molar-refractivity contribution in [2.24, 2.45) is 0 Å². The number of hydrogen-bond donors (Lipinski definition) is 1. The highest BCUT2D eigenvalue weighted by atomic mass is 15.1. The molecule has 1 aliphatic carbocycles. The van der Waals surface area contributed by atoms with E-state index in [0.29, 0.717) is 0 Å². The molecule has 0 unspecified atom stereocenters. The summed E-state index contributed by atoms with van der Waals surface area (Å²) in [5.74, 6) is 1.15. The number of benzene rings is 1. The molecule has 1 aromatic heterocycles. The fourth-order valence-electron chi connectivity index (χ4n) is 3.03. The maximum Gasteiger partial charge on any atom is 0.123 e. The van der Waals surface area contributed by atoms with E-state index in [1.165, 1.54) is 31.2 Å². The molecule has 106 valence electrons. The highest BCUT2D eigenvalue weighted by molar-refractivity contribution is 5.75. The largest absolute Gasteiger partial charge is 0.327 e. The number of aryl methyl sites for hydroxylation is 1. The second-order valence-corrected chi connectivity index (χ2v) is 5.44. The zero-order chi connectivity index (χ0) is 13.8. The van der Waals surface area contributed by atoms with Crippen LogP contribution in [0.3, 0.4) is 0 Å². The van der Waals surface area contributed by atoms with E-state index in [4.69, 9.17) is 4.98 Å². The molecule has 0 spiro atoms. The fraction of sp³-hybridized carbons (Fsp3) is 0.471. The Bertz CT molecular complexity index is 610. The molecular formula is C17H23N3. The lowest BCUT2D eigenvalue weighted by Crippen LogP contribution is -2.18. The summed E-state index contributed by atoms with van der Waals surface area (Å²) in [5.41, 5.74) is 3.97. The molecule has 0 bridgehead atoms. The van der Waals surface area contributed by atoms with Gasteiger partial charge in [-0.15, -0.1) is 0 Å². The molecule has 1 aliphatic rings. The topological polar surface area (TPSA) is 29.9 Å². The lowest BCUT2D eigenvalue weighted by atomic mass is 10.2. The van der Waals surface area contributed by atoms with Crippen molar-refractivity contribution >= 4 is 11.0 Å². The Hall–Kier alpha value is -1.61. The van der Waals surface area contributed by atoms with E-state index in [-0.39, 0.29) is 0 Å². The molecule has 3 rings (SSSR count). The molecule has 1 aromatic carbocycles. The van der Waals surface area contributed by atoms with Crippen molar-refractivity contribution in [3.8, 4) is 0 Å². The minimum atomic E-state index is 0.857. The molecule has 0 saturated heterocycles. The van der Waals surface area contributed by atoms with E-state index in [1.54, 1.807) is 5.57 Å². The lowest BCUT2D eigenvalue weighted by molar-refractivity contribution is 0.616. The van der Waals surface area contributed by atoms with Crippen molar-refractivity contribution in [1.82, 2.24) is 14.9 Å². The van der Waals surface area contributed by atoms with Gasteiger partial charge in [0.1, 0.15) is 5.82 Å². The molecule has 0 amide bonds. The highest BCUT2D eigenvalue weighted by Gasteiger charge is 2.08. The molecule has 0 aliphatic heterocycles. The number of allylic oxidation sites excluding steroid dienone is 1. The first-order chi connectivity index (χ1) is 9.88. The monoisotopic (exact) mass is 269 g/mol. The average molecular weight is 269 g/mol. The van der Waals surface area contributed by atoms with Gasteiger partial charge in [-0.25, -0.2) is 4.98 Å². The molecule has 0 atom stereocenters. The number of imidazole rings is 1. The maximum atomic E-state index is 4.74. The smallest absolute Gasteiger partial charge is 0.123 e. The van der Waals surface area contributed by atoms with Crippen LogP contribution in [0.25, 0.3) is 11.0 Å². The Kier molecular flexibility index (Phi) is 4.16. The van der Waals surface area contributed by atoms with Crippen LogP contribution in [0.1, 0.15) is 38.4 Å². The molecule has 3 nitrogen and oxygen atoms in total. The molecule has 2 aromatic rings. The molecule has 1 heterocycles. The molecule has 3 heteroatoms. The summed E-state index contributed by atoms with van der Waals surface area (Å²) in [5, 5.41) is 3.54. The van der Waals surface area contributed by atoms with Crippen LogP contribution >= 0.6 is 0 Å². The predicted octanol–water partition coefficient (Wildman–Crippen LogP) is 3.65. The molecule has 1 N–H and O–H groups in total. The van der Waals surface area contributed by atoms with E-state index in [9.17, 15) is 0 Å². The summed E-state index contributed by atoms with van der Waals surface area (Å²) in [7, 11) is 0. The quantitative estimate of drug-likeness (QED) is 0.641. The Morgan fingerprint density at radius 3 is 3.00 bits per heavy atom. The minimum absolute atomic E-state index is 0.857. The number of para-hydroxylation sites is 2. The van der Waals surface area contributed by atoms with Crippen molar-refractivity contribution < 1.29 is 0 Å². The van der Waals surface area contributed by atoms with Gasteiger partial charge in [-0.2, -0.15) is 0 Å². The van der Waals surface area contributed by atoms with E-state index >= 15 is 0 Å². The van der Waals surface area contributed by atoms with Crippen molar-refractivity contribution in [3.05, 3.63) is 41.7 Å². The van der Waals surface area contributed by atoms with E-state index in [2.05, 4.69) is 47.1 Å². The molecule has 0 saturated carbocycles. The van der Waals surface area contributed by atoms with Crippen LogP contribution in [-0.2, 0) is 13.1 Å². The van der Waals surface area contributed by atoms with Crippen molar-refractivity contribution in [2.75, 3.05) is 6.54 Å². The number of nitrogens with one attached hydrogen (secondary N) is 1. The van der Waals surface area contributed by atoms with Crippen LogP contribution in [-0.4, -0.2) is 16.1 Å². The van der Waals surface area contributed by atoms with Crippen LogP contribution in [0.4, 0.5) is 0 Å². The second-order valence-electron chi connectivity index (χ2n) is 5.44. The zero-order valence-electron chi connectivity index (χ0n) is 12.2. The number of fused-ring (bicyclic) bond motifs is 1. The Morgan fingerprint density at radius 1 is 1.30 bits per heavy atom. The second kappa shape index (κ2) is 6.23. The van der Waals surface area contributed by atoms with Gasteiger partial charge in [0.2, 0.25) is 0 Å². The Balaban J connectivity index is 1.62. The van der Waals surface area contributed by atoms with Gasteiger partial charge in [-0.3, -0.25) is 0 Å². The van der Waals surface area contributed by atoms with E-state index < -0.39 is 0 Å². The van der Waals surface area contributed by atoms with Gasteiger partial charge in [-0.05, 0) is 51.3 Å². The van der Waals surface area contributed by atoms with Crippen LogP contribution in [0, 0.1) is 0 Å². The van der Waals surface area contributed by atoms with Gasteiger partial charge in [-0.1, -0.05) is 23.8 Å². The normalized spacial score (nSPS) is 14.9. The molecular weight excluding hydrogens is 246 g/mol. The van der Waals surface area contributed by atoms with Crippen LogP contribution in [0.2, 0.25) is 0 Å². The van der Waals surface area contributed by atoms with Gasteiger partial charge < -0.3 is 9.88 Å². The fourth-order valence-corrected chi connectivity index (χ4v) is 3.03. The maximum absolute atomic E-state index is 4.74. The summed E-state index contributed by atoms with van der Waals surface area (Å²) >= 11 is 0. The third-order valence-electron chi connectivity index (χ3n) is 4.09. The van der Waals surface area contributed by atoms with Crippen molar-refractivity contribution in [2.45, 2.75) is 45.7 Å². The standard InChI is InChI=1S/C17H23N3/c1-2-20-16-10-6-5-9-15(16)19-17(20)13-18-12-11-14-7-3-4-8-14/h5-7,9-10,18H,2-4,8,11-13H2,1H3. The van der Waals surface area contributed by atoms with E-state index in [1.807, 2.05) is 0 Å². The van der Waals surface area contributed by atoms with Crippen molar-refractivity contribution in [1.29, 1.82) is 0 Å². The van der Waals surface area contributed by atoms with Gasteiger partial charge in [0.25, 0.3) is 0 Å². The lowest BCUT2D eigenvalue weighted by Gasteiger charge is -2.08. The highest BCUT2D eigenvalue weighted by Crippen LogP contribution is 2.20. The van der Waals surface area contributed by atoms with Gasteiger partial charge in [0.15, 0.2) is 0 Å². The van der Waals surface area contributed by atoms with Crippen molar-refractivity contribution in [3.63, 3.8) is 0 Å². The predicted molar refractivity (Wildman–Crippen MR) is 83.7 cm³/mol. The first kappa shape index (κ1) is 13.4. The summed E-state index contributed by atoms with van der Waals surface area (Å²) < 4.78 is 2.30. The number of hydrogen-bond acceptors (Lipinski definition) is 2. The SMILES string of the molecule is CCn1c(CNCCC2=CCCC2)nc2ccccc21. The zero-order valence-corrected chi connectivity index (χ0v) is 12.2. The first-order valence-corrected chi connectivity index (χ1v) is 7.71. The number of nitrogens with zero attached hydrogens (tertiary/aromatic N) is 2. The summed E-state index contributed by atoms with van der Waals surface area (Å²) in [6.45, 7) is 5.07. The van der Waals surface area contributed by atoms with Gasteiger partial charge in [0, 0.05) is 6.54 Å². The van der Waals surface area contributed by atoms with Crippen LogP contribution < -0.4 is 5.32 Å². The first-order valence-electron chi connectivity index (χ1n) is 7.71. The Morgan fingerprint density at radius 2 is 2.20 bits per heavy atom. The third kappa shape index (κ3) is 2.78. The molecule has 0 radical (unpaired) electrons. The number of rotatable bonds is 6. The summed E-state index contributed by atoms with van der Waals surface area (Å²) in [6.07, 6.45) is 7.52. The molecule has 20 heavy (non-hydrogen) atoms. The average Bonchev–Trinajstić information content (AvgIpc) is 3.10. The third-order valence-corrected chi connectivity index (χ3v) is 4.09. The Labute approximate surface area is 120 Å². The van der Waals surface area contributed by atoms with E-state index in [0.717, 1.165) is 31.0 Å².